The van der Waals surface area contributed by atoms with Gasteiger partial charge in [0, 0.05) is 19.5 Å². The highest BCUT2D eigenvalue weighted by Crippen LogP contribution is 2.17. The van der Waals surface area contributed by atoms with E-state index in [0.717, 1.165) is 11.1 Å². The van der Waals surface area contributed by atoms with Gasteiger partial charge in [0.1, 0.15) is 23.7 Å². The van der Waals surface area contributed by atoms with Crippen molar-refractivity contribution in [2.75, 3.05) is 38.7 Å². The highest BCUT2D eigenvalue weighted by Gasteiger charge is 2.38. The van der Waals surface area contributed by atoms with Gasteiger partial charge in [-0.2, -0.15) is 0 Å². The number of halogens is 1. The van der Waals surface area contributed by atoms with Crippen LogP contribution in [0.15, 0.2) is 60.7 Å². The van der Waals surface area contributed by atoms with Gasteiger partial charge in [0.2, 0.25) is 23.6 Å². The van der Waals surface area contributed by atoms with Crippen LogP contribution in [0.5, 0.6) is 0 Å². The summed E-state index contributed by atoms with van der Waals surface area (Å²) in [6.45, 7) is 11.3. The van der Waals surface area contributed by atoms with Crippen LogP contribution in [0.25, 0.3) is 0 Å². The van der Waals surface area contributed by atoms with Crippen molar-refractivity contribution in [1.29, 1.82) is 0 Å². The Balaban J connectivity index is 1.84. The first-order chi connectivity index (χ1) is 25.2. The number of carbonyl (C=O) groups is 5. The van der Waals surface area contributed by atoms with Gasteiger partial charge in [0.25, 0.3) is 0 Å². The summed E-state index contributed by atoms with van der Waals surface area (Å²) < 4.78 is 5.39. The molecule has 4 amide bonds. The normalized spacial score (nSPS) is 16.8. The van der Waals surface area contributed by atoms with E-state index >= 15 is 0 Å². The van der Waals surface area contributed by atoms with Gasteiger partial charge in [-0.1, -0.05) is 88.4 Å². The highest BCUT2D eigenvalue weighted by molar-refractivity contribution is 6.21. The fraction of sp³-hybridized carbons (Fsp3) is 0.575. The Hall–Kier alpha value is -3.84. The Morgan fingerprint density at radius 3 is 1.79 bits per heavy atom. The van der Waals surface area contributed by atoms with Crippen LogP contribution in [0.2, 0.25) is 0 Å². The van der Waals surface area contributed by atoms with Crippen molar-refractivity contribution >= 4 is 41.0 Å². The predicted molar refractivity (Wildman–Crippen MR) is 205 cm³/mol. The molecule has 292 valence electrons. The third-order valence-corrected chi connectivity index (χ3v) is 9.59. The molecule has 0 bridgehead atoms. The minimum absolute atomic E-state index is 0.00706. The monoisotopic (exact) mass is 755 g/mol. The van der Waals surface area contributed by atoms with Crippen LogP contribution in [0, 0.1) is 11.8 Å². The first-order valence-electron chi connectivity index (χ1n) is 18.6. The number of Topliss-reactive ketones (excluding diaryl/α,β-unsaturated/α-hetero) is 1. The number of hydrogen-bond donors (Lipinski definition) is 5. The van der Waals surface area contributed by atoms with Crippen LogP contribution >= 0.6 is 11.6 Å². The maximum atomic E-state index is 14.1. The standard InChI is InChI=1S/C40H58ClN5O7/c1-27(2)22-32(36(48)40(5,52)26-41)43-39(51)34(24-30-14-10-7-11-15-30)45-38(50)33(23-28(3)4)44-37(49)31(17-16-29-12-8-6-9-13-29)42-35(47)25-46-18-20-53-21-19-46/h6-15,27-28,31-34,52H,16-26H2,1-5H3,(H,42,47)(H,43,51)(H,44,49)(H,45,50)/t31-,32-,33-,34-,40-/m0/s1. The van der Waals surface area contributed by atoms with Crippen molar-refractivity contribution in [3.8, 4) is 0 Å². The lowest BCUT2D eigenvalue weighted by atomic mass is 9.90. The number of morpholine rings is 1. The number of rotatable bonds is 21. The van der Waals surface area contributed by atoms with E-state index in [1.54, 1.807) is 0 Å². The minimum atomic E-state index is -1.87. The van der Waals surface area contributed by atoms with Crippen LogP contribution in [0.1, 0.15) is 65.0 Å². The van der Waals surface area contributed by atoms with Crippen molar-refractivity contribution in [2.45, 2.75) is 96.5 Å². The largest absolute Gasteiger partial charge is 0.381 e. The summed E-state index contributed by atoms with van der Waals surface area (Å²) in [6.07, 6.45) is 1.43. The number of hydrogen-bond acceptors (Lipinski definition) is 8. The van der Waals surface area contributed by atoms with Crippen molar-refractivity contribution < 1.29 is 33.8 Å². The summed E-state index contributed by atoms with van der Waals surface area (Å²) in [6, 6.07) is 14.6. The number of aryl methyl sites for hydroxylation is 1. The summed E-state index contributed by atoms with van der Waals surface area (Å²) in [7, 11) is 0. The predicted octanol–water partition coefficient (Wildman–Crippen LogP) is 2.78. The molecule has 1 aliphatic heterocycles. The van der Waals surface area contributed by atoms with Crippen molar-refractivity contribution in [2.24, 2.45) is 11.8 Å². The average Bonchev–Trinajstić information content (AvgIpc) is 3.12. The Kier molecular flexibility index (Phi) is 17.9. The third kappa shape index (κ3) is 15.2. The van der Waals surface area contributed by atoms with Gasteiger partial charge in [-0.05, 0) is 55.6 Å². The lowest BCUT2D eigenvalue weighted by Crippen LogP contribution is -2.60. The Bertz CT molecular complexity index is 1470. The van der Waals surface area contributed by atoms with Gasteiger partial charge in [-0.25, -0.2) is 0 Å². The molecular formula is C40H58ClN5O7. The van der Waals surface area contributed by atoms with E-state index < -0.39 is 53.3 Å². The Morgan fingerprint density at radius 2 is 1.23 bits per heavy atom. The van der Waals surface area contributed by atoms with Gasteiger partial charge >= 0.3 is 0 Å². The number of aliphatic hydroxyl groups is 1. The molecule has 0 spiro atoms. The van der Waals surface area contributed by atoms with Crippen molar-refractivity contribution in [1.82, 2.24) is 26.2 Å². The molecule has 12 nitrogen and oxygen atoms in total. The number of alkyl halides is 1. The van der Waals surface area contributed by atoms with Crippen LogP contribution in [0.3, 0.4) is 0 Å². The fourth-order valence-electron chi connectivity index (χ4n) is 6.15. The van der Waals surface area contributed by atoms with E-state index in [9.17, 15) is 29.1 Å². The minimum Gasteiger partial charge on any atom is -0.381 e. The smallest absolute Gasteiger partial charge is 0.243 e. The van der Waals surface area contributed by atoms with Crippen LogP contribution in [-0.2, 0) is 41.6 Å². The molecule has 5 N–H and O–H groups in total. The first-order valence-corrected chi connectivity index (χ1v) is 19.1. The molecule has 1 fully saturated rings. The number of carbonyl (C=O) groups excluding carboxylic acids is 5. The molecule has 0 unspecified atom stereocenters. The molecule has 1 saturated heterocycles. The van der Waals surface area contributed by atoms with Crippen LogP contribution in [0.4, 0.5) is 0 Å². The lowest BCUT2D eigenvalue weighted by molar-refractivity contribution is -0.139. The highest BCUT2D eigenvalue weighted by atomic mass is 35.5. The number of nitrogens with zero attached hydrogens (tertiary/aromatic N) is 1. The van der Waals surface area contributed by atoms with Crippen molar-refractivity contribution in [3.63, 3.8) is 0 Å². The molecular weight excluding hydrogens is 698 g/mol. The summed E-state index contributed by atoms with van der Waals surface area (Å²) in [5, 5.41) is 22.1. The second-order valence-electron chi connectivity index (χ2n) is 14.9. The zero-order valence-corrected chi connectivity index (χ0v) is 32.5. The maximum absolute atomic E-state index is 14.1. The second-order valence-corrected chi connectivity index (χ2v) is 15.2. The van der Waals surface area contributed by atoms with E-state index in [0.29, 0.717) is 39.1 Å². The molecule has 0 saturated carbocycles. The molecule has 3 rings (SSSR count). The molecule has 1 heterocycles. The van der Waals surface area contributed by atoms with Crippen LogP contribution in [-0.4, -0.2) is 108 Å². The maximum Gasteiger partial charge on any atom is 0.243 e. The zero-order valence-electron chi connectivity index (χ0n) is 31.7. The first kappa shape index (κ1) is 43.6. The topological polar surface area (TPSA) is 166 Å². The molecule has 5 atom stereocenters. The SMILES string of the molecule is CC(C)C[C@H](NC(=O)[C@H](CCc1ccccc1)NC(=O)CN1CCOCC1)C(=O)N[C@@H](Cc1ccccc1)C(=O)N[C@@H](CC(C)C)C(=O)[C@@](C)(O)CCl. The molecule has 53 heavy (non-hydrogen) atoms. The lowest BCUT2D eigenvalue weighted by Gasteiger charge is -2.30. The molecule has 0 aliphatic carbocycles. The summed E-state index contributed by atoms with van der Waals surface area (Å²) in [5.41, 5.74) is -0.102. The second kappa shape index (κ2) is 21.8. The summed E-state index contributed by atoms with van der Waals surface area (Å²) >= 11 is 5.90. The molecule has 0 aromatic heterocycles. The number of nitrogens with one attached hydrogen (secondary N) is 4. The average molecular weight is 756 g/mol. The van der Waals surface area contributed by atoms with E-state index in [2.05, 4.69) is 21.3 Å². The quantitative estimate of drug-likeness (QED) is 0.121. The molecule has 2 aromatic carbocycles. The number of amides is 4. The van der Waals surface area contributed by atoms with Gasteiger partial charge in [-0.3, -0.25) is 28.9 Å². The Morgan fingerprint density at radius 1 is 0.736 bits per heavy atom. The molecule has 2 aromatic rings. The van der Waals surface area contributed by atoms with Gasteiger partial charge in [-0.15, -0.1) is 11.6 Å². The number of ether oxygens (including phenoxy) is 1. The van der Waals surface area contributed by atoms with E-state index in [1.165, 1.54) is 6.92 Å². The molecule has 1 aliphatic rings. The van der Waals surface area contributed by atoms with Crippen LogP contribution < -0.4 is 21.3 Å². The van der Waals surface area contributed by atoms with Crippen molar-refractivity contribution in [3.05, 3.63) is 71.8 Å². The summed E-state index contributed by atoms with van der Waals surface area (Å²) in [4.78, 5) is 70.4. The molecule has 13 heteroatoms. The van der Waals surface area contributed by atoms with Gasteiger partial charge in [0.05, 0.1) is 31.7 Å². The van der Waals surface area contributed by atoms with E-state index in [4.69, 9.17) is 16.3 Å². The summed E-state index contributed by atoms with van der Waals surface area (Å²) in [5.74, 6) is -3.00. The zero-order chi connectivity index (χ0) is 39.0. The molecule has 0 radical (unpaired) electrons. The van der Waals surface area contributed by atoms with Gasteiger partial charge < -0.3 is 31.1 Å². The number of benzene rings is 2. The Labute approximate surface area is 319 Å². The van der Waals surface area contributed by atoms with Gasteiger partial charge in [0.15, 0.2) is 5.78 Å². The number of ketones is 1. The van der Waals surface area contributed by atoms with E-state index in [1.807, 2.05) is 93.3 Å². The third-order valence-electron chi connectivity index (χ3n) is 9.07. The van der Waals surface area contributed by atoms with E-state index in [-0.39, 0.29) is 49.4 Å². The fourth-order valence-corrected chi connectivity index (χ4v) is 6.28.